The van der Waals surface area contributed by atoms with E-state index in [4.69, 9.17) is 14.2 Å². The van der Waals surface area contributed by atoms with Crippen LogP contribution in [0.5, 0.6) is 0 Å². The molecule has 3 rings (SSSR count). The van der Waals surface area contributed by atoms with Crippen LogP contribution in [0.1, 0.15) is 67.2 Å². The number of carbonyl (C=O) groups excluding carboxylic acids is 2. The van der Waals surface area contributed by atoms with Gasteiger partial charge in [0.2, 0.25) is 5.78 Å². The normalized spacial score (nSPS) is 38.9. The van der Waals surface area contributed by atoms with Crippen LogP contribution in [0.4, 0.5) is 0 Å². The minimum absolute atomic E-state index is 0.0172. The van der Waals surface area contributed by atoms with Crippen molar-refractivity contribution in [2.24, 2.45) is 23.7 Å². The lowest BCUT2D eigenvalue weighted by Gasteiger charge is -2.40. The third kappa shape index (κ3) is 4.88. The van der Waals surface area contributed by atoms with Gasteiger partial charge in [-0.3, -0.25) is 4.79 Å². The van der Waals surface area contributed by atoms with Crippen LogP contribution >= 0.6 is 0 Å². The molecule has 0 spiro atoms. The molecule has 1 aliphatic carbocycles. The van der Waals surface area contributed by atoms with E-state index in [1.165, 1.54) is 5.57 Å². The van der Waals surface area contributed by atoms with Gasteiger partial charge in [-0.15, -0.1) is 0 Å². The van der Waals surface area contributed by atoms with Gasteiger partial charge in [-0.05, 0) is 70.8 Å². The Balaban J connectivity index is 2.02. The van der Waals surface area contributed by atoms with Crippen LogP contribution in [-0.2, 0) is 23.8 Å². The largest absolute Gasteiger partial charge is 0.450 e. The Labute approximate surface area is 186 Å². The van der Waals surface area contributed by atoms with E-state index in [0.717, 1.165) is 31.3 Å². The monoisotopic (exact) mass is 430 g/mol. The summed E-state index contributed by atoms with van der Waals surface area (Å²) in [6.45, 7) is 16.2. The number of ketones is 1. The number of rotatable bonds is 3. The Hall–Kier alpha value is -1.72. The number of carbonyl (C=O) groups is 2. The molecule has 0 amide bonds. The van der Waals surface area contributed by atoms with Gasteiger partial charge in [0, 0.05) is 11.5 Å². The minimum Gasteiger partial charge on any atom is -0.450 e. The number of hydrogen-bond acceptors (Lipinski definition) is 5. The second kappa shape index (κ2) is 9.83. The van der Waals surface area contributed by atoms with E-state index >= 15 is 0 Å². The first-order valence-corrected chi connectivity index (χ1v) is 11.7. The summed E-state index contributed by atoms with van der Waals surface area (Å²) in [5, 5.41) is 0. The van der Waals surface area contributed by atoms with Gasteiger partial charge in [-0.1, -0.05) is 38.2 Å². The molecule has 2 aliphatic heterocycles. The standard InChI is InChI=1S/C26H38O5/c1-8-16(5)25(28)30-24-21-20-19(14(2)3)13-12-15(4)10-9-11-17(6)23(20)31-26(21)29-18(7)22(24)27/h8,10,14,18-21,23-24,26H,6,9,11-13H2,1-5,7H3/b15-10+,16-8-/t18-,19-,20+,21-,23+,24-,26+/m1/s1. The van der Waals surface area contributed by atoms with Crippen molar-refractivity contribution in [3.8, 4) is 0 Å². The van der Waals surface area contributed by atoms with Gasteiger partial charge in [0.25, 0.3) is 0 Å². The summed E-state index contributed by atoms with van der Waals surface area (Å²) in [6.07, 6.45) is 5.51. The summed E-state index contributed by atoms with van der Waals surface area (Å²) in [5.74, 6) is -0.247. The molecule has 5 heteroatoms. The molecule has 0 radical (unpaired) electrons. The van der Waals surface area contributed by atoms with Gasteiger partial charge in [0.1, 0.15) is 6.10 Å². The molecule has 0 aromatic heterocycles. The molecule has 3 aliphatic rings. The van der Waals surface area contributed by atoms with Crippen LogP contribution in [0.15, 0.2) is 35.5 Å². The summed E-state index contributed by atoms with van der Waals surface area (Å²) >= 11 is 0. The maximum atomic E-state index is 13.2. The van der Waals surface area contributed by atoms with Gasteiger partial charge in [0.05, 0.1) is 12.0 Å². The predicted octanol–water partition coefficient (Wildman–Crippen LogP) is 5.16. The van der Waals surface area contributed by atoms with Crippen molar-refractivity contribution in [3.63, 3.8) is 0 Å². The SMILES string of the molecule is C=C1CC/C=C(\C)CC[C@H](C(C)C)[C@H]2[C@H]3[C@@H](O[C@H](C)C(=O)[C@@H]3OC(=O)/C(C)=C\C)O[C@@H]12. The van der Waals surface area contributed by atoms with Crippen LogP contribution in [0, 0.1) is 23.7 Å². The highest BCUT2D eigenvalue weighted by molar-refractivity contribution is 5.93. The average molecular weight is 431 g/mol. The van der Waals surface area contributed by atoms with Crippen LogP contribution in [-0.4, -0.2) is 36.4 Å². The molecule has 5 nitrogen and oxygen atoms in total. The summed E-state index contributed by atoms with van der Waals surface area (Å²) in [5.41, 5.74) is 2.92. The Morgan fingerprint density at radius 1 is 1.26 bits per heavy atom. The first kappa shape index (κ1) is 23.9. The summed E-state index contributed by atoms with van der Waals surface area (Å²) in [6, 6.07) is 0. The molecule has 0 unspecified atom stereocenters. The fourth-order valence-corrected chi connectivity index (χ4v) is 5.32. The molecule has 7 atom stereocenters. The van der Waals surface area contributed by atoms with Crippen molar-refractivity contribution >= 4 is 11.8 Å². The lowest BCUT2D eigenvalue weighted by atomic mass is 9.67. The zero-order chi connectivity index (χ0) is 22.9. The highest BCUT2D eigenvalue weighted by Gasteiger charge is 2.59. The second-order valence-corrected chi connectivity index (χ2v) is 9.75. The van der Waals surface area contributed by atoms with Crippen molar-refractivity contribution in [2.45, 2.75) is 91.8 Å². The molecule has 0 N–H and O–H groups in total. The first-order valence-electron chi connectivity index (χ1n) is 11.7. The van der Waals surface area contributed by atoms with Crippen LogP contribution < -0.4 is 0 Å². The smallest absolute Gasteiger partial charge is 0.334 e. The third-order valence-corrected chi connectivity index (χ3v) is 7.33. The summed E-state index contributed by atoms with van der Waals surface area (Å²) in [7, 11) is 0. The molecular formula is C26H38O5. The van der Waals surface area contributed by atoms with Crippen molar-refractivity contribution in [3.05, 3.63) is 35.5 Å². The van der Waals surface area contributed by atoms with Gasteiger partial charge >= 0.3 is 5.97 Å². The van der Waals surface area contributed by atoms with Crippen molar-refractivity contribution < 1.29 is 23.8 Å². The van der Waals surface area contributed by atoms with Gasteiger partial charge in [0.15, 0.2) is 12.4 Å². The molecule has 172 valence electrons. The lowest BCUT2D eigenvalue weighted by Crippen LogP contribution is -2.53. The summed E-state index contributed by atoms with van der Waals surface area (Å²) in [4.78, 5) is 25.8. The molecule has 0 bridgehead atoms. The summed E-state index contributed by atoms with van der Waals surface area (Å²) < 4.78 is 18.3. The van der Waals surface area contributed by atoms with Crippen molar-refractivity contribution in [1.82, 2.24) is 0 Å². The quantitative estimate of drug-likeness (QED) is 0.352. The van der Waals surface area contributed by atoms with E-state index < -0.39 is 24.5 Å². The Bertz CT molecular complexity index is 777. The first-order chi connectivity index (χ1) is 14.6. The molecule has 31 heavy (non-hydrogen) atoms. The van der Waals surface area contributed by atoms with E-state index in [0.29, 0.717) is 17.4 Å². The second-order valence-electron chi connectivity index (χ2n) is 9.75. The Morgan fingerprint density at radius 3 is 2.61 bits per heavy atom. The number of fused-ring (bicyclic) bond motifs is 3. The molecule has 0 aromatic carbocycles. The average Bonchev–Trinajstić information content (AvgIpc) is 3.08. The number of Topliss-reactive ketones (excluding diaryl/α,β-unsaturated/α-hetero) is 1. The van der Waals surface area contributed by atoms with E-state index in [9.17, 15) is 9.59 Å². The highest BCUT2D eigenvalue weighted by atomic mass is 16.7. The third-order valence-electron chi connectivity index (χ3n) is 7.33. The van der Waals surface area contributed by atoms with Gasteiger partial charge in [-0.25, -0.2) is 4.79 Å². The van der Waals surface area contributed by atoms with E-state index in [2.05, 4.69) is 33.4 Å². The molecule has 0 aromatic rings. The minimum atomic E-state index is -0.861. The maximum Gasteiger partial charge on any atom is 0.334 e. The molecule has 2 saturated heterocycles. The topological polar surface area (TPSA) is 61.8 Å². The van der Waals surface area contributed by atoms with E-state index in [1.54, 1.807) is 26.8 Å². The fourth-order valence-electron chi connectivity index (χ4n) is 5.32. The molecule has 2 fully saturated rings. The van der Waals surface area contributed by atoms with E-state index in [1.807, 2.05) is 0 Å². The lowest BCUT2D eigenvalue weighted by molar-refractivity contribution is -0.217. The number of ether oxygens (including phenoxy) is 3. The molecular weight excluding hydrogens is 392 g/mol. The predicted molar refractivity (Wildman–Crippen MR) is 120 cm³/mol. The van der Waals surface area contributed by atoms with Crippen LogP contribution in [0.2, 0.25) is 0 Å². The maximum absolute atomic E-state index is 13.2. The molecule has 2 heterocycles. The fraction of sp³-hybridized carbons (Fsp3) is 0.692. The Morgan fingerprint density at radius 2 is 1.97 bits per heavy atom. The van der Waals surface area contributed by atoms with Crippen molar-refractivity contribution in [1.29, 1.82) is 0 Å². The van der Waals surface area contributed by atoms with Crippen molar-refractivity contribution in [2.75, 3.05) is 0 Å². The van der Waals surface area contributed by atoms with E-state index in [-0.39, 0.29) is 23.7 Å². The number of hydrogen-bond donors (Lipinski definition) is 0. The molecule has 0 saturated carbocycles. The highest BCUT2D eigenvalue weighted by Crippen LogP contribution is 2.50. The van der Waals surface area contributed by atoms with Gasteiger partial charge in [-0.2, -0.15) is 0 Å². The Kier molecular flexibility index (Phi) is 7.59. The number of esters is 1. The van der Waals surface area contributed by atoms with Crippen LogP contribution in [0.3, 0.4) is 0 Å². The van der Waals surface area contributed by atoms with Crippen LogP contribution in [0.25, 0.3) is 0 Å². The zero-order valence-electron chi connectivity index (χ0n) is 19.9. The zero-order valence-corrected chi connectivity index (χ0v) is 19.9. The number of allylic oxidation sites excluding steroid dienone is 3. The van der Waals surface area contributed by atoms with Gasteiger partial charge < -0.3 is 14.2 Å².